The molecule has 0 aliphatic carbocycles. The monoisotopic (exact) mass is 262 g/mol. The van der Waals surface area contributed by atoms with Gasteiger partial charge in [0.1, 0.15) is 5.82 Å². The molecule has 0 nitrogen and oxygen atoms in total. The maximum absolute atomic E-state index is 13.5. The van der Waals surface area contributed by atoms with E-state index in [0.717, 1.165) is 6.42 Å². The third-order valence-electron chi connectivity index (χ3n) is 2.32. The summed E-state index contributed by atoms with van der Waals surface area (Å²) in [5.41, 5.74) is 0.665. The van der Waals surface area contributed by atoms with Crippen LogP contribution < -0.4 is 0 Å². The molecule has 0 aliphatic rings. The van der Waals surface area contributed by atoms with Crippen molar-refractivity contribution >= 4 is 23.2 Å². The maximum Gasteiger partial charge on any atom is 0.127 e. The van der Waals surface area contributed by atoms with E-state index in [9.17, 15) is 4.39 Å². The Balaban J connectivity index is 2.73. The Morgan fingerprint density at radius 2 is 1.94 bits per heavy atom. The van der Waals surface area contributed by atoms with E-state index in [2.05, 4.69) is 20.8 Å². The molecule has 0 aromatic heterocycles. The molecule has 16 heavy (non-hydrogen) atoms. The van der Waals surface area contributed by atoms with Crippen molar-refractivity contribution in [1.29, 1.82) is 0 Å². The Hall–Kier alpha value is -0.270. The minimum Gasteiger partial charge on any atom is -0.207 e. The average Bonchev–Trinajstić information content (AvgIpc) is 2.08. The van der Waals surface area contributed by atoms with E-state index in [-0.39, 0.29) is 16.6 Å². The minimum atomic E-state index is -0.271. The molecular formula is C13H17Cl2F. The van der Waals surface area contributed by atoms with Crippen molar-refractivity contribution in [1.82, 2.24) is 0 Å². The summed E-state index contributed by atoms with van der Waals surface area (Å²) in [5.74, 6) is -0.271. The lowest BCUT2D eigenvalue weighted by atomic mass is 9.88. The summed E-state index contributed by atoms with van der Waals surface area (Å²) in [5, 5.41) is 0.369. The average molecular weight is 263 g/mol. The summed E-state index contributed by atoms with van der Waals surface area (Å²) >= 11 is 12.2. The van der Waals surface area contributed by atoms with E-state index >= 15 is 0 Å². The minimum absolute atomic E-state index is 0.0885. The van der Waals surface area contributed by atoms with Crippen LogP contribution in [0, 0.1) is 11.2 Å². The van der Waals surface area contributed by atoms with Crippen LogP contribution in [-0.4, -0.2) is 5.38 Å². The summed E-state index contributed by atoms with van der Waals surface area (Å²) in [7, 11) is 0. The highest BCUT2D eigenvalue weighted by atomic mass is 35.5. The molecule has 3 heteroatoms. The Kier molecular flexibility index (Phi) is 4.63. The van der Waals surface area contributed by atoms with Gasteiger partial charge >= 0.3 is 0 Å². The zero-order valence-electron chi connectivity index (χ0n) is 9.86. The summed E-state index contributed by atoms with van der Waals surface area (Å²) in [6, 6.07) is 4.72. The number of rotatable bonds is 3. The van der Waals surface area contributed by atoms with Gasteiger partial charge in [-0.15, -0.1) is 11.6 Å². The SMILES string of the molecule is CC(C)(C)CC(Cl)Cc1c(F)cccc1Cl. The van der Waals surface area contributed by atoms with Crippen molar-refractivity contribution in [3.8, 4) is 0 Å². The standard InChI is InChI=1S/C13H17Cl2F/c1-13(2,3)8-9(14)7-10-11(15)5-4-6-12(10)16/h4-6,9H,7-8H2,1-3H3. The predicted molar refractivity (Wildman–Crippen MR) is 68.8 cm³/mol. The Bertz CT molecular complexity index is 335. The van der Waals surface area contributed by atoms with E-state index in [0.29, 0.717) is 17.0 Å². The summed E-state index contributed by atoms with van der Waals surface area (Å²) in [6.07, 6.45) is 1.31. The predicted octanol–water partition coefficient (Wildman–Crippen LogP) is 5.07. The van der Waals surface area contributed by atoms with E-state index in [4.69, 9.17) is 23.2 Å². The van der Waals surface area contributed by atoms with Gasteiger partial charge in [0.2, 0.25) is 0 Å². The first kappa shape index (κ1) is 13.8. The van der Waals surface area contributed by atoms with E-state index < -0.39 is 0 Å². The zero-order chi connectivity index (χ0) is 12.3. The smallest absolute Gasteiger partial charge is 0.127 e. The van der Waals surface area contributed by atoms with Crippen LogP contribution in [0.3, 0.4) is 0 Å². The largest absolute Gasteiger partial charge is 0.207 e. The Morgan fingerprint density at radius 3 is 2.44 bits per heavy atom. The topological polar surface area (TPSA) is 0 Å². The van der Waals surface area contributed by atoms with Crippen LogP contribution in [-0.2, 0) is 6.42 Å². The second kappa shape index (κ2) is 5.37. The molecule has 1 aromatic rings. The van der Waals surface area contributed by atoms with Crippen molar-refractivity contribution < 1.29 is 4.39 Å². The van der Waals surface area contributed by atoms with Crippen molar-refractivity contribution in [2.24, 2.45) is 5.41 Å². The van der Waals surface area contributed by atoms with Gasteiger partial charge in [-0.2, -0.15) is 0 Å². The highest BCUT2D eigenvalue weighted by Gasteiger charge is 2.19. The molecule has 1 atom stereocenters. The molecule has 0 fully saturated rings. The molecule has 0 spiro atoms. The Labute approximate surface area is 107 Å². The molecule has 0 heterocycles. The van der Waals surface area contributed by atoms with Gasteiger partial charge < -0.3 is 0 Å². The summed E-state index contributed by atoms with van der Waals surface area (Å²) in [4.78, 5) is 0. The van der Waals surface area contributed by atoms with Gasteiger partial charge in [-0.1, -0.05) is 38.4 Å². The summed E-state index contributed by atoms with van der Waals surface area (Å²) < 4.78 is 13.5. The molecule has 1 unspecified atom stereocenters. The van der Waals surface area contributed by atoms with Crippen molar-refractivity contribution in [3.63, 3.8) is 0 Å². The number of hydrogen-bond acceptors (Lipinski definition) is 0. The fraction of sp³-hybridized carbons (Fsp3) is 0.538. The van der Waals surface area contributed by atoms with Gasteiger partial charge in [0.25, 0.3) is 0 Å². The van der Waals surface area contributed by atoms with Gasteiger partial charge in [-0.3, -0.25) is 0 Å². The lowest BCUT2D eigenvalue weighted by molar-refractivity contribution is 0.368. The fourth-order valence-electron chi connectivity index (χ4n) is 1.69. The van der Waals surface area contributed by atoms with Crippen LogP contribution in [0.1, 0.15) is 32.8 Å². The molecule has 0 saturated heterocycles. The quantitative estimate of drug-likeness (QED) is 0.668. The van der Waals surface area contributed by atoms with Gasteiger partial charge in [0.05, 0.1) is 0 Å². The van der Waals surface area contributed by atoms with E-state index in [1.54, 1.807) is 12.1 Å². The molecule has 90 valence electrons. The second-order valence-corrected chi connectivity index (χ2v) is 6.29. The van der Waals surface area contributed by atoms with Crippen LogP contribution in [0.25, 0.3) is 0 Å². The maximum atomic E-state index is 13.5. The van der Waals surface area contributed by atoms with Gasteiger partial charge in [-0.25, -0.2) is 4.39 Å². The number of halogens is 3. The number of alkyl halides is 1. The number of hydrogen-bond donors (Lipinski definition) is 0. The normalized spacial score (nSPS) is 13.9. The lowest BCUT2D eigenvalue weighted by Crippen LogP contribution is -2.16. The molecule has 0 N–H and O–H groups in total. The van der Waals surface area contributed by atoms with Crippen LogP contribution in [0.5, 0.6) is 0 Å². The first-order valence-electron chi connectivity index (χ1n) is 5.36. The van der Waals surface area contributed by atoms with Crippen molar-refractivity contribution in [2.75, 3.05) is 0 Å². The lowest BCUT2D eigenvalue weighted by Gasteiger charge is -2.22. The molecule has 0 bridgehead atoms. The van der Waals surface area contributed by atoms with Gasteiger partial charge in [-0.05, 0) is 30.4 Å². The first-order chi connectivity index (χ1) is 7.29. The highest BCUT2D eigenvalue weighted by Crippen LogP contribution is 2.28. The fourth-order valence-corrected chi connectivity index (χ4v) is 2.54. The highest BCUT2D eigenvalue weighted by molar-refractivity contribution is 6.31. The molecule has 0 radical (unpaired) electrons. The molecule has 0 aliphatic heterocycles. The Morgan fingerprint density at radius 1 is 1.31 bits per heavy atom. The molecular weight excluding hydrogens is 246 g/mol. The number of benzene rings is 1. The molecule has 1 rings (SSSR count). The second-order valence-electron chi connectivity index (χ2n) is 5.27. The molecule has 1 aromatic carbocycles. The third kappa shape index (κ3) is 4.31. The van der Waals surface area contributed by atoms with E-state index in [1.165, 1.54) is 6.07 Å². The third-order valence-corrected chi connectivity index (χ3v) is 2.98. The van der Waals surface area contributed by atoms with Crippen LogP contribution in [0.2, 0.25) is 5.02 Å². The van der Waals surface area contributed by atoms with Crippen LogP contribution >= 0.6 is 23.2 Å². The first-order valence-corrected chi connectivity index (χ1v) is 6.18. The zero-order valence-corrected chi connectivity index (χ0v) is 11.4. The molecule has 0 amide bonds. The van der Waals surface area contributed by atoms with Crippen molar-refractivity contribution in [3.05, 3.63) is 34.6 Å². The van der Waals surface area contributed by atoms with Crippen molar-refractivity contribution in [2.45, 2.75) is 39.0 Å². The van der Waals surface area contributed by atoms with E-state index in [1.807, 2.05) is 0 Å². The molecule has 0 saturated carbocycles. The van der Waals surface area contributed by atoms with Gasteiger partial charge in [0.15, 0.2) is 0 Å². The van der Waals surface area contributed by atoms with Crippen LogP contribution in [0.15, 0.2) is 18.2 Å². The summed E-state index contributed by atoms with van der Waals surface area (Å²) in [6.45, 7) is 6.35. The van der Waals surface area contributed by atoms with Gasteiger partial charge in [0, 0.05) is 16.0 Å². The van der Waals surface area contributed by atoms with Crippen LogP contribution in [0.4, 0.5) is 4.39 Å².